The molecule has 2 aliphatic rings. The molecule has 0 aromatic heterocycles. The normalized spacial score (nSPS) is 20.8. The molecule has 0 bridgehead atoms. The number of hydrogen-bond acceptors (Lipinski definition) is 3. The van der Waals surface area contributed by atoms with Crippen LogP contribution in [0.5, 0.6) is 0 Å². The highest BCUT2D eigenvalue weighted by molar-refractivity contribution is 5.85. The summed E-state index contributed by atoms with van der Waals surface area (Å²) in [5.74, 6) is 0.124. The van der Waals surface area contributed by atoms with Crippen molar-refractivity contribution >= 4 is 36.4 Å². The third kappa shape index (κ3) is 5.41. The number of amides is 1. The molecule has 2 fully saturated rings. The summed E-state index contributed by atoms with van der Waals surface area (Å²) in [5.41, 5.74) is -0.0716. The van der Waals surface area contributed by atoms with E-state index < -0.39 is 11.7 Å². The fraction of sp³-hybridized carbons (Fsp3) is 0.588. The van der Waals surface area contributed by atoms with Gasteiger partial charge in [0.1, 0.15) is 0 Å². The van der Waals surface area contributed by atoms with Gasteiger partial charge in [-0.3, -0.25) is 4.79 Å². The molecule has 2 aliphatic heterocycles. The maximum atomic E-state index is 12.8. The number of carbonyl (C=O) groups is 1. The van der Waals surface area contributed by atoms with Crippen molar-refractivity contribution in [2.24, 2.45) is 0 Å². The third-order valence-corrected chi connectivity index (χ3v) is 4.74. The molecule has 1 aromatic rings. The van der Waals surface area contributed by atoms with Crippen LogP contribution in [-0.4, -0.2) is 49.6 Å². The number of halogens is 5. The second kappa shape index (κ2) is 9.67. The lowest BCUT2D eigenvalue weighted by atomic mass is 10.0. The number of carbonyl (C=O) groups excluding carboxylic acids is 1. The first-order chi connectivity index (χ1) is 11.4. The summed E-state index contributed by atoms with van der Waals surface area (Å²) in [5, 5.41) is 3.25. The SMILES string of the molecule is Cl.Cl.O=C([C@@H]1CCCCN1)N1CCN(c2cccc(C(F)(F)F)c2)CC1. The minimum Gasteiger partial charge on any atom is -0.368 e. The van der Waals surface area contributed by atoms with E-state index in [0.29, 0.717) is 31.9 Å². The lowest BCUT2D eigenvalue weighted by Crippen LogP contribution is -2.55. The van der Waals surface area contributed by atoms with E-state index in [1.165, 1.54) is 12.1 Å². The van der Waals surface area contributed by atoms with Gasteiger partial charge < -0.3 is 15.1 Å². The Balaban J connectivity index is 0.00000169. The molecule has 0 saturated carbocycles. The van der Waals surface area contributed by atoms with Crippen LogP contribution in [0.2, 0.25) is 0 Å². The molecule has 1 amide bonds. The van der Waals surface area contributed by atoms with Crippen molar-refractivity contribution in [1.82, 2.24) is 10.2 Å². The van der Waals surface area contributed by atoms with Crippen molar-refractivity contribution in [2.45, 2.75) is 31.5 Å². The van der Waals surface area contributed by atoms with E-state index in [1.54, 1.807) is 6.07 Å². The smallest absolute Gasteiger partial charge is 0.368 e. The summed E-state index contributed by atoms with van der Waals surface area (Å²) in [7, 11) is 0. The van der Waals surface area contributed by atoms with Gasteiger partial charge >= 0.3 is 6.18 Å². The Morgan fingerprint density at radius 3 is 2.35 bits per heavy atom. The fourth-order valence-corrected chi connectivity index (χ4v) is 3.35. The molecule has 26 heavy (non-hydrogen) atoms. The Morgan fingerprint density at radius 2 is 1.77 bits per heavy atom. The van der Waals surface area contributed by atoms with Gasteiger partial charge in [-0.05, 0) is 37.6 Å². The molecule has 2 saturated heterocycles. The van der Waals surface area contributed by atoms with Crippen molar-refractivity contribution in [3.8, 4) is 0 Å². The number of anilines is 1. The molecular weight excluding hydrogens is 390 g/mol. The predicted octanol–water partition coefficient (Wildman–Crippen LogP) is 3.34. The van der Waals surface area contributed by atoms with Gasteiger partial charge in [-0.2, -0.15) is 13.2 Å². The number of piperidine rings is 1. The van der Waals surface area contributed by atoms with E-state index in [-0.39, 0.29) is 36.8 Å². The molecule has 0 radical (unpaired) electrons. The standard InChI is InChI=1S/C17H22F3N3O.2ClH/c18-17(19,20)13-4-3-5-14(12-13)22-8-10-23(11-9-22)16(24)15-6-1-2-7-21-15;;/h3-5,12,15,21H,1-2,6-11H2;2*1H/t15-;;/m0../s1. The first kappa shape index (κ1) is 22.9. The molecule has 3 rings (SSSR count). The zero-order valence-electron chi connectivity index (χ0n) is 14.3. The van der Waals surface area contributed by atoms with Crippen LogP contribution in [0.3, 0.4) is 0 Å². The molecule has 4 nitrogen and oxygen atoms in total. The number of nitrogens with zero attached hydrogens (tertiary/aromatic N) is 2. The van der Waals surface area contributed by atoms with Gasteiger partial charge in [0, 0.05) is 31.9 Å². The minimum atomic E-state index is -4.33. The van der Waals surface area contributed by atoms with Crippen LogP contribution in [0.25, 0.3) is 0 Å². The van der Waals surface area contributed by atoms with Gasteiger partial charge in [0.15, 0.2) is 0 Å². The van der Waals surface area contributed by atoms with E-state index in [2.05, 4.69) is 5.32 Å². The predicted molar refractivity (Wildman–Crippen MR) is 100 cm³/mol. The number of alkyl halides is 3. The molecule has 9 heteroatoms. The summed E-state index contributed by atoms with van der Waals surface area (Å²) < 4.78 is 38.5. The summed E-state index contributed by atoms with van der Waals surface area (Å²) in [4.78, 5) is 16.2. The molecule has 0 aliphatic carbocycles. The largest absolute Gasteiger partial charge is 0.416 e. The number of benzene rings is 1. The van der Waals surface area contributed by atoms with Gasteiger partial charge in [0.05, 0.1) is 11.6 Å². The highest BCUT2D eigenvalue weighted by atomic mass is 35.5. The summed E-state index contributed by atoms with van der Waals surface area (Å²) in [6.45, 7) is 3.08. The average Bonchev–Trinajstić information content (AvgIpc) is 2.61. The number of hydrogen-bond donors (Lipinski definition) is 1. The molecule has 1 N–H and O–H groups in total. The van der Waals surface area contributed by atoms with Crippen LogP contribution in [0.4, 0.5) is 18.9 Å². The van der Waals surface area contributed by atoms with E-state index >= 15 is 0 Å². The molecule has 1 atom stereocenters. The van der Waals surface area contributed by atoms with E-state index in [9.17, 15) is 18.0 Å². The quantitative estimate of drug-likeness (QED) is 0.807. The Bertz CT molecular complexity index is 587. The highest BCUT2D eigenvalue weighted by Gasteiger charge is 2.32. The fourth-order valence-electron chi connectivity index (χ4n) is 3.35. The van der Waals surface area contributed by atoms with Crippen LogP contribution in [-0.2, 0) is 11.0 Å². The third-order valence-electron chi connectivity index (χ3n) is 4.74. The van der Waals surface area contributed by atoms with Gasteiger partial charge in [0.2, 0.25) is 5.91 Å². The van der Waals surface area contributed by atoms with Crippen molar-refractivity contribution in [3.05, 3.63) is 29.8 Å². The van der Waals surface area contributed by atoms with E-state index in [4.69, 9.17) is 0 Å². The van der Waals surface area contributed by atoms with Crippen LogP contribution in [0, 0.1) is 0 Å². The minimum absolute atomic E-state index is 0. The van der Waals surface area contributed by atoms with Crippen molar-refractivity contribution in [2.75, 3.05) is 37.6 Å². The zero-order chi connectivity index (χ0) is 17.2. The maximum absolute atomic E-state index is 12.8. The highest BCUT2D eigenvalue weighted by Crippen LogP contribution is 2.31. The molecule has 1 aromatic carbocycles. The van der Waals surface area contributed by atoms with Crippen LogP contribution >= 0.6 is 24.8 Å². The van der Waals surface area contributed by atoms with Crippen molar-refractivity contribution in [3.63, 3.8) is 0 Å². The second-order valence-corrected chi connectivity index (χ2v) is 6.36. The lowest BCUT2D eigenvalue weighted by Gasteiger charge is -2.38. The number of piperazine rings is 1. The Morgan fingerprint density at radius 1 is 1.08 bits per heavy atom. The first-order valence-corrected chi connectivity index (χ1v) is 8.39. The van der Waals surface area contributed by atoms with Gasteiger partial charge in [0.25, 0.3) is 0 Å². The van der Waals surface area contributed by atoms with Crippen molar-refractivity contribution < 1.29 is 18.0 Å². The zero-order valence-corrected chi connectivity index (χ0v) is 15.9. The molecule has 0 spiro atoms. The Hall–Kier alpha value is -1.18. The second-order valence-electron chi connectivity index (χ2n) is 6.36. The van der Waals surface area contributed by atoms with Gasteiger partial charge in [-0.1, -0.05) is 12.5 Å². The Labute approximate surface area is 163 Å². The van der Waals surface area contributed by atoms with Crippen molar-refractivity contribution in [1.29, 1.82) is 0 Å². The van der Waals surface area contributed by atoms with E-state index in [1.807, 2.05) is 9.80 Å². The molecule has 0 unspecified atom stereocenters. The monoisotopic (exact) mass is 413 g/mol. The molecular formula is C17H24Cl2F3N3O. The maximum Gasteiger partial charge on any atom is 0.416 e. The summed E-state index contributed by atoms with van der Waals surface area (Å²) in [6.07, 6.45) is -1.30. The average molecular weight is 414 g/mol. The van der Waals surface area contributed by atoms with Gasteiger partial charge in [-0.15, -0.1) is 24.8 Å². The summed E-state index contributed by atoms with van der Waals surface area (Å²) in [6, 6.07) is 5.29. The molecule has 148 valence electrons. The number of rotatable bonds is 2. The van der Waals surface area contributed by atoms with Crippen LogP contribution in [0.15, 0.2) is 24.3 Å². The lowest BCUT2D eigenvalue weighted by molar-refractivity contribution is -0.137. The summed E-state index contributed by atoms with van der Waals surface area (Å²) >= 11 is 0. The molecule has 2 heterocycles. The van der Waals surface area contributed by atoms with Gasteiger partial charge in [-0.25, -0.2) is 0 Å². The number of nitrogens with one attached hydrogen (secondary N) is 1. The van der Waals surface area contributed by atoms with Crippen LogP contribution < -0.4 is 10.2 Å². The first-order valence-electron chi connectivity index (χ1n) is 8.39. The van der Waals surface area contributed by atoms with E-state index in [0.717, 1.165) is 31.9 Å². The topological polar surface area (TPSA) is 35.6 Å². The Kier molecular flexibility index (Phi) is 8.50. The van der Waals surface area contributed by atoms with Crippen LogP contribution in [0.1, 0.15) is 24.8 Å².